The van der Waals surface area contributed by atoms with Gasteiger partial charge in [0.1, 0.15) is 5.75 Å². The first-order chi connectivity index (χ1) is 12.4. The lowest BCUT2D eigenvalue weighted by Gasteiger charge is -2.08. The van der Waals surface area contributed by atoms with Crippen molar-refractivity contribution in [2.75, 3.05) is 5.32 Å². The highest BCUT2D eigenvalue weighted by Crippen LogP contribution is 2.25. The van der Waals surface area contributed by atoms with E-state index in [0.717, 1.165) is 11.1 Å². The van der Waals surface area contributed by atoms with E-state index in [1.165, 1.54) is 30.3 Å². The fraction of sp³-hybridized carbons (Fsp3) is 0. The van der Waals surface area contributed by atoms with Gasteiger partial charge in [-0.25, -0.2) is 0 Å². The molecule has 3 aromatic rings. The van der Waals surface area contributed by atoms with Crippen molar-refractivity contribution in [2.45, 2.75) is 0 Å². The number of phenolic OH excluding ortho intramolecular Hbond substituents is 1. The van der Waals surface area contributed by atoms with E-state index < -0.39 is 10.8 Å². The molecule has 130 valence electrons. The number of benzene rings is 3. The molecule has 0 fully saturated rings. The van der Waals surface area contributed by atoms with Crippen LogP contribution in [0.4, 0.5) is 11.4 Å². The molecular weight excluding hydrogens is 356 g/mol. The molecule has 26 heavy (non-hydrogen) atoms. The lowest BCUT2D eigenvalue weighted by molar-refractivity contribution is -0.384. The minimum absolute atomic E-state index is 0.0282. The molecule has 3 rings (SSSR count). The fourth-order valence-corrected chi connectivity index (χ4v) is 2.58. The molecule has 0 aliphatic carbocycles. The lowest BCUT2D eigenvalue weighted by atomic mass is 10.0. The van der Waals surface area contributed by atoms with Gasteiger partial charge in [-0.05, 0) is 53.6 Å². The first-order valence-electron chi connectivity index (χ1n) is 7.59. The molecule has 0 spiro atoms. The second kappa shape index (κ2) is 7.25. The van der Waals surface area contributed by atoms with Crippen LogP contribution < -0.4 is 5.32 Å². The van der Waals surface area contributed by atoms with E-state index in [2.05, 4.69) is 5.32 Å². The minimum Gasteiger partial charge on any atom is -0.507 e. The SMILES string of the molecule is O=C(Nc1ccc(-c2ccc([N+](=O)[O-])cc2)cc1)c1ccc(Cl)cc1O. The summed E-state index contributed by atoms with van der Waals surface area (Å²) in [6, 6.07) is 17.5. The van der Waals surface area contributed by atoms with Crippen molar-refractivity contribution in [2.24, 2.45) is 0 Å². The molecule has 0 bridgehead atoms. The van der Waals surface area contributed by atoms with Gasteiger partial charge < -0.3 is 10.4 Å². The maximum absolute atomic E-state index is 12.2. The van der Waals surface area contributed by atoms with Gasteiger partial charge in [0.15, 0.2) is 0 Å². The van der Waals surface area contributed by atoms with Gasteiger partial charge in [0.05, 0.1) is 10.5 Å². The summed E-state index contributed by atoms with van der Waals surface area (Å²) in [5, 5.41) is 23.5. The molecule has 0 atom stereocenters. The van der Waals surface area contributed by atoms with Crippen molar-refractivity contribution in [1.82, 2.24) is 0 Å². The van der Waals surface area contributed by atoms with E-state index >= 15 is 0 Å². The molecule has 0 aliphatic heterocycles. The predicted octanol–water partition coefficient (Wildman–Crippen LogP) is 4.87. The number of nitro benzene ring substituents is 1. The van der Waals surface area contributed by atoms with Crippen LogP contribution in [0.2, 0.25) is 5.02 Å². The average molecular weight is 369 g/mol. The summed E-state index contributed by atoms with van der Waals surface area (Å²) in [5.74, 6) is -0.653. The normalized spacial score (nSPS) is 10.3. The number of nitrogens with zero attached hydrogens (tertiary/aromatic N) is 1. The Labute approximate surface area is 153 Å². The molecule has 0 saturated heterocycles. The van der Waals surface area contributed by atoms with Crippen molar-refractivity contribution in [1.29, 1.82) is 0 Å². The quantitative estimate of drug-likeness (QED) is 0.507. The van der Waals surface area contributed by atoms with Crippen LogP contribution in [-0.2, 0) is 0 Å². The Bertz CT molecular complexity index is 970. The van der Waals surface area contributed by atoms with Gasteiger partial charge >= 0.3 is 0 Å². The van der Waals surface area contributed by atoms with Crippen LogP contribution in [-0.4, -0.2) is 15.9 Å². The Morgan fingerprint density at radius 2 is 1.54 bits per heavy atom. The van der Waals surface area contributed by atoms with Crippen molar-refractivity contribution in [3.05, 3.63) is 87.4 Å². The van der Waals surface area contributed by atoms with Crippen LogP contribution >= 0.6 is 11.6 Å². The molecule has 6 nitrogen and oxygen atoms in total. The summed E-state index contributed by atoms with van der Waals surface area (Å²) in [6.45, 7) is 0. The van der Waals surface area contributed by atoms with E-state index in [0.29, 0.717) is 10.7 Å². The molecule has 0 unspecified atom stereocenters. The highest BCUT2D eigenvalue weighted by Gasteiger charge is 2.12. The molecule has 0 aliphatic rings. The third-order valence-electron chi connectivity index (χ3n) is 3.76. The number of anilines is 1. The number of non-ortho nitro benzene ring substituents is 1. The number of carbonyl (C=O) groups is 1. The lowest BCUT2D eigenvalue weighted by Crippen LogP contribution is -2.11. The van der Waals surface area contributed by atoms with Crippen LogP contribution in [0.15, 0.2) is 66.7 Å². The van der Waals surface area contributed by atoms with Crippen molar-refractivity contribution in [3.8, 4) is 16.9 Å². The Kier molecular flexibility index (Phi) is 4.86. The summed E-state index contributed by atoms with van der Waals surface area (Å²) < 4.78 is 0. The van der Waals surface area contributed by atoms with E-state index in [1.807, 2.05) is 0 Å². The summed E-state index contributed by atoms with van der Waals surface area (Å²) in [7, 11) is 0. The molecular formula is C19H13ClN2O4. The highest BCUT2D eigenvalue weighted by molar-refractivity contribution is 6.31. The molecule has 2 N–H and O–H groups in total. The zero-order valence-corrected chi connectivity index (χ0v) is 14.1. The van der Waals surface area contributed by atoms with E-state index in [1.54, 1.807) is 36.4 Å². The first kappa shape index (κ1) is 17.4. The van der Waals surface area contributed by atoms with Gasteiger partial charge in [0, 0.05) is 22.8 Å². The van der Waals surface area contributed by atoms with Gasteiger partial charge in [-0.1, -0.05) is 23.7 Å². The van der Waals surface area contributed by atoms with Gasteiger partial charge in [-0.3, -0.25) is 14.9 Å². The third kappa shape index (κ3) is 3.81. The molecule has 0 heterocycles. The number of aromatic hydroxyl groups is 1. The summed E-state index contributed by atoms with van der Waals surface area (Å²) in [5.41, 5.74) is 2.38. The van der Waals surface area contributed by atoms with E-state index in [4.69, 9.17) is 11.6 Å². The number of nitrogens with one attached hydrogen (secondary N) is 1. The molecule has 0 aromatic heterocycles. The van der Waals surface area contributed by atoms with Gasteiger partial charge in [0.2, 0.25) is 0 Å². The zero-order valence-electron chi connectivity index (χ0n) is 13.3. The topological polar surface area (TPSA) is 92.5 Å². The van der Waals surface area contributed by atoms with Crippen LogP contribution in [0, 0.1) is 10.1 Å². The Balaban J connectivity index is 1.75. The van der Waals surface area contributed by atoms with Crippen molar-refractivity contribution >= 4 is 28.9 Å². The molecule has 3 aromatic carbocycles. The van der Waals surface area contributed by atoms with Crippen LogP contribution in [0.3, 0.4) is 0 Å². The number of rotatable bonds is 4. The largest absolute Gasteiger partial charge is 0.507 e. The van der Waals surface area contributed by atoms with E-state index in [-0.39, 0.29) is 17.0 Å². The maximum atomic E-state index is 12.2. The number of hydrogen-bond donors (Lipinski definition) is 2. The molecule has 1 amide bonds. The minimum atomic E-state index is -0.456. The Morgan fingerprint density at radius 1 is 0.962 bits per heavy atom. The average Bonchev–Trinajstić information content (AvgIpc) is 2.62. The molecule has 0 saturated carbocycles. The Hall–Kier alpha value is -3.38. The Morgan fingerprint density at radius 3 is 2.08 bits per heavy atom. The van der Waals surface area contributed by atoms with Gasteiger partial charge in [0.25, 0.3) is 11.6 Å². The first-order valence-corrected chi connectivity index (χ1v) is 7.96. The van der Waals surface area contributed by atoms with Crippen LogP contribution in [0.5, 0.6) is 5.75 Å². The number of halogens is 1. The van der Waals surface area contributed by atoms with Crippen LogP contribution in [0.1, 0.15) is 10.4 Å². The fourth-order valence-electron chi connectivity index (χ4n) is 2.42. The molecule has 7 heteroatoms. The molecule has 0 radical (unpaired) electrons. The summed E-state index contributed by atoms with van der Waals surface area (Å²) in [4.78, 5) is 22.5. The van der Waals surface area contributed by atoms with Crippen molar-refractivity contribution < 1.29 is 14.8 Å². The third-order valence-corrected chi connectivity index (χ3v) is 3.99. The number of phenols is 1. The van der Waals surface area contributed by atoms with E-state index in [9.17, 15) is 20.0 Å². The van der Waals surface area contributed by atoms with Crippen LogP contribution in [0.25, 0.3) is 11.1 Å². The van der Waals surface area contributed by atoms with Gasteiger partial charge in [-0.15, -0.1) is 0 Å². The number of nitro groups is 1. The number of carbonyl (C=O) groups excluding carboxylic acids is 1. The monoisotopic (exact) mass is 368 g/mol. The standard InChI is InChI=1S/C19H13ClN2O4/c20-14-5-10-17(18(23)11-14)19(24)21-15-6-1-12(2-7-15)13-3-8-16(9-4-13)22(25)26/h1-11,23H,(H,21,24). The summed E-state index contributed by atoms with van der Waals surface area (Å²) in [6.07, 6.45) is 0. The second-order valence-corrected chi connectivity index (χ2v) is 5.93. The van der Waals surface area contributed by atoms with Gasteiger partial charge in [-0.2, -0.15) is 0 Å². The zero-order chi connectivity index (χ0) is 18.7. The number of amides is 1. The van der Waals surface area contributed by atoms with Crippen molar-refractivity contribution in [3.63, 3.8) is 0 Å². The second-order valence-electron chi connectivity index (χ2n) is 5.50. The smallest absolute Gasteiger partial charge is 0.269 e. The highest BCUT2D eigenvalue weighted by atomic mass is 35.5. The number of hydrogen-bond acceptors (Lipinski definition) is 4. The maximum Gasteiger partial charge on any atom is 0.269 e. The summed E-state index contributed by atoms with van der Waals surface area (Å²) >= 11 is 5.76. The predicted molar refractivity (Wildman–Crippen MR) is 99.6 cm³/mol.